The fraction of sp³-hybridized carbons (Fsp3) is 0.0741. The van der Waals surface area contributed by atoms with Crippen LogP contribution in [0.15, 0.2) is 120 Å². The summed E-state index contributed by atoms with van der Waals surface area (Å²) in [6.45, 7) is 0.586. The number of hydrogen-bond donors (Lipinski definition) is 0. The molecule has 1 heterocycles. The van der Waals surface area contributed by atoms with Crippen molar-refractivity contribution in [2.75, 3.05) is 6.61 Å². The average Bonchev–Trinajstić information content (AvgIpc) is 3.32. The van der Waals surface area contributed by atoms with Gasteiger partial charge in [0.15, 0.2) is 0 Å². The highest BCUT2D eigenvalue weighted by atomic mass is 31.1. The Bertz CT molecular complexity index is 1100. The third-order valence-corrected chi connectivity index (χ3v) is 7.74. The van der Waals surface area contributed by atoms with Gasteiger partial charge in [-0.15, -0.1) is 0 Å². The van der Waals surface area contributed by atoms with Gasteiger partial charge in [-0.05, 0) is 35.5 Å². The van der Waals surface area contributed by atoms with Crippen LogP contribution < -0.4 is 15.9 Å². The van der Waals surface area contributed by atoms with Crippen molar-refractivity contribution in [3.05, 3.63) is 126 Å². The normalized spacial score (nSPS) is 15.6. The first-order chi connectivity index (χ1) is 14.9. The van der Waals surface area contributed by atoms with E-state index in [1.165, 1.54) is 21.5 Å². The van der Waals surface area contributed by atoms with Gasteiger partial charge in [0.2, 0.25) is 5.90 Å². The number of nitrogens with zero attached hydrogens (tertiary/aromatic N) is 1. The van der Waals surface area contributed by atoms with Crippen molar-refractivity contribution in [3.8, 4) is 0 Å². The SMILES string of the molecule is c1ccc(C2COC(c3ccccc3P(c3ccccc3)c3ccccc3)=N2)cc1. The zero-order valence-electron chi connectivity index (χ0n) is 16.6. The summed E-state index contributed by atoms with van der Waals surface area (Å²) in [5.74, 6) is 0.749. The summed E-state index contributed by atoms with van der Waals surface area (Å²) in [7, 11) is -0.712. The molecule has 3 heteroatoms. The van der Waals surface area contributed by atoms with Crippen LogP contribution in [0.25, 0.3) is 0 Å². The van der Waals surface area contributed by atoms with Crippen LogP contribution in [0, 0.1) is 0 Å². The minimum atomic E-state index is -0.712. The molecule has 0 saturated carbocycles. The molecule has 2 nitrogen and oxygen atoms in total. The smallest absolute Gasteiger partial charge is 0.217 e. The van der Waals surface area contributed by atoms with Crippen molar-refractivity contribution in [3.63, 3.8) is 0 Å². The van der Waals surface area contributed by atoms with Gasteiger partial charge in [-0.2, -0.15) is 0 Å². The topological polar surface area (TPSA) is 21.6 Å². The zero-order chi connectivity index (χ0) is 20.2. The maximum atomic E-state index is 6.13. The van der Waals surface area contributed by atoms with Crippen molar-refractivity contribution in [1.29, 1.82) is 0 Å². The summed E-state index contributed by atoms with van der Waals surface area (Å²) in [4.78, 5) is 4.96. The quantitative estimate of drug-likeness (QED) is 0.429. The minimum Gasteiger partial charge on any atom is -0.475 e. The molecule has 4 aromatic rings. The predicted octanol–water partition coefficient (Wildman–Crippen LogP) is 4.96. The Labute approximate surface area is 178 Å². The molecular formula is C27H22NOP. The second-order valence-electron chi connectivity index (χ2n) is 7.20. The van der Waals surface area contributed by atoms with Gasteiger partial charge in [0.1, 0.15) is 12.6 Å². The highest BCUT2D eigenvalue weighted by Crippen LogP contribution is 2.35. The fourth-order valence-electron chi connectivity index (χ4n) is 3.80. The standard InChI is InChI=1S/C27H22NOP/c1-4-12-21(13-5-1)25-20-29-27(28-25)24-18-10-11-19-26(24)30(22-14-6-2-7-15-22)23-16-8-3-9-17-23/h1-19,25H,20H2. The summed E-state index contributed by atoms with van der Waals surface area (Å²) >= 11 is 0. The fourth-order valence-corrected chi connectivity index (χ4v) is 6.24. The summed E-state index contributed by atoms with van der Waals surface area (Å²) in [6.07, 6.45) is 0. The van der Waals surface area contributed by atoms with E-state index < -0.39 is 7.92 Å². The van der Waals surface area contributed by atoms with Gasteiger partial charge in [0, 0.05) is 5.56 Å². The van der Waals surface area contributed by atoms with E-state index >= 15 is 0 Å². The Morgan fingerprint density at radius 2 is 1.17 bits per heavy atom. The van der Waals surface area contributed by atoms with Crippen LogP contribution >= 0.6 is 7.92 Å². The van der Waals surface area contributed by atoms with Gasteiger partial charge in [-0.3, -0.25) is 0 Å². The highest BCUT2D eigenvalue weighted by molar-refractivity contribution is 7.80. The number of aliphatic imine (C=N–C) groups is 1. The van der Waals surface area contributed by atoms with Crippen LogP contribution in [0.3, 0.4) is 0 Å². The molecule has 146 valence electrons. The van der Waals surface area contributed by atoms with Crippen LogP contribution in [0.5, 0.6) is 0 Å². The van der Waals surface area contributed by atoms with E-state index in [-0.39, 0.29) is 6.04 Å². The van der Waals surface area contributed by atoms with Crippen LogP contribution in [0.4, 0.5) is 0 Å². The summed E-state index contributed by atoms with van der Waals surface area (Å²) < 4.78 is 6.13. The molecule has 4 aromatic carbocycles. The van der Waals surface area contributed by atoms with E-state index in [0.29, 0.717) is 6.61 Å². The summed E-state index contributed by atoms with van der Waals surface area (Å²) in [5.41, 5.74) is 2.29. The molecule has 0 amide bonds. The second kappa shape index (κ2) is 8.65. The van der Waals surface area contributed by atoms with Gasteiger partial charge < -0.3 is 4.74 Å². The second-order valence-corrected chi connectivity index (χ2v) is 9.38. The van der Waals surface area contributed by atoms with Crippen LogP contribution in [0.1, 0.15) is 17.2 Å². The molecule has 1 aliphatic rings. The molecule has 0 aliphatic carbocycles. The lowest BCUT2D eigenvalue weighted by Crippen LogP contribution is -2.25. The lowest BCUT2D eigenvalue weighted by Gasteiger charge is -2.22. The first-order valence-corrected chi connectivity index (χ1v) is 11.5. The lowest BCUT2D eigenvalue weighted by molar-refractivity contribution is 0.320. The molecule has 0 saturated heterocycles. The van der Waals surface area contributed by atoms with E-state index in [4.69, 9.17) is 9.73 Å². The van der Waals surface area contributed by atoms with Gasteiger partial charge in [-0.25, -0.2) is 4.99 Å². The Hall–Kier alpha value is -3.22. The average molecular weight is 407 g/mol. The molecule has 1 atom stereocenters. The van der Waals surface area contributed by atoms with Gasteiger partial charge in [-0.1, -0.05) is 109 Å². The van der Waals surface area contributed by atoms with Crippen molar-refractivity contribution < 1.29 is 4.74 Å². The molecule has 0 aromatic heterocycles. The molecule has 5 rings (SSSR count). The Morgan fingerprint density at radius 3 is 1.80 bits per heavy atom. The van der Waals surface area contributed by atoms with Crippen molar-refractivity contribution in [1.82, 2.24) is 0 Å². The van der Waals surface area contributed by atoms with Crippen molar-refractivity contribution in [2.24, 2.45) is 4.99 Å². The van der Waals surface area contributed by atoms with Crippen LogP contribution in [0.2, 0.25) is 0 Å². The molecule has 0 spiro atoms. The third-order valence-electron chi connectivity index (χ3n) is 5.24. The Morgan fingerprint density at radius 1 is 0.633 bits per heavy atom. The maximum absolute atomic E-state index is 6.13. The van der Waals surface area contributed by atoms with Gasteiger partial charge >= 0.3 is 0 Å². The monoisotopic (exact) mass is 407 g/mol. The molecule has 30 heavy (non-hydrogen) atoms. The lowest BCUT2D eigenvalue weighted by atomic mass is 10.1. The molecule has 1 aliphatic heterocycles. The predicted molar refractivity (Wildman–Crippen MR) is 127 cm³/mol. The zero-order valence-corrected chi connectivity index (χ0v) is 17.5. The summed E-state index contributed by atoms with van der Waals surface area (Å²) in [6, 6.07) is 40.5. The maximum Gasteiger partial charge on any atom is 0.217 e. The van der Waals surface area contributed by atoms with E-state index in [1.54, 1.807) is 0 Å². The Kier molecular flexibility index (Phi) is 5.42. The first-order valence-electron chi connectivity index (χ1n) is 10.2. The summed E-state index contributed by atoms with van der Waals surface area (Å²) in [5, 5.41) is 3.92. The van der Waals surface area contributed by atoms with Crippen molar-refractivity contribution >= 4 is 29.7 Å². The van der Waals surface area contributed by atoms with E-state index in [2.05, 4.69) is 109 Å². The van der Waals surface area contributed by atoms with Gasteiger partial charge in [0.25, 0.3) is 0 Å². The molecule has 1 unspecified atom stereocenters. The van der Waals surface area contributed by atoms with Crippen LogP contribution in [-0.4, -0.2) is 12.5 Å². The van der Waals surface area contributed by atoms with Crippen molar-refractivity contribution in [2.45, 2.75) is 6.04 Å². The number of rotatable bonds is 5. The molecular weight excluding hydrogens is 385 g/mol. The molecule has 0 N–H and O–H groups in total. The van der Waals surface area contributed by atoms with E-state index in [1.807, 2.05) is 6.07 Å². The molecule has 0 radical (unpaired) electrons. The minimum absolute atomic E-state index is 0.0499. The third kappa shape index (κ3) is 3.79. The number of benzene rings is 4. The van der Waals surface area contributed by atoms with E-state index in [0.717, 1.165) is 11.5 Å². The van der Waals surface area contributed by atoms with Gasteiger partial charge in [0.05, 0.1) is 0 Å². The molecule has 0 bridgehead atoms. The first kappa shape index (κ1) is 18.8. The molecule has 0 fully saturated rings. The Balaban J connectivity index is 1.60. The highest BCUT2D eigenvalue weighted by Gasteiger charge is 2.26. The number of hydrogen-bond acceptors (Lipinski definition) is 2. The van der Waals surface area contributed by atoms with Crippen LogP contribution in [-0.2, 0) is 4.74 Å². The number of ether oxygens (including phenoxy) is 1. The van der Waals surface area contributed by atoms with E-state index in [9.17, 15) is 0 Å². The largest absolute Gasteiger partial charge is 0.475 e.